The van der Waals surface area contributed by atoms with Crippen LogP contribution in [-0.2, 0) is 4.74 Å². The first kappa shape index (κ1) is 25.2. The molecule has 1 aliphatic heterocycles. The fraction of sp³-hybridized carbons (Fsp3) is 0.278. The fourth-order valence-electron chi connectivity index (χ4n) is 2.94. The van der Waals surface area contributed by atoms with Gasteiger partial charge in [-0.2, -0.15) is 9.97 Å². The molecule has 4 aromatic rings. The molecule has 186 valence electrons. The number of ether oxygens (including phenoxy) is 1. The molecule has 0 spiro atoms. The van der Waals surface area contributed by atoms with Crippen molar-refractivity contribution < 1.29 is 20.1 Å². The van der Waals surface area contributed by atoms with E-state index in [-0.39, 0.29) is 17.5 Å². The average molecular weight is 489 g/mol. The van der Waals surface area contributed by atoms with E-state index in [9.17, 15) is 19.8 Å². The predicted octanol–water partition coefficient (Wildman–Crippen LogP) is -3.28. The van der Waals surface area contributed by atoms with Gasteiger partial charge in [0.2, 0.25) is 0 Å². The van der Waals surface area contributed by atoms with Gasteiger partial charge in [-0.1, -0.05) is 0 Å². The van der Waals surface area contributed by atoms with Crippen molar-refractivity contribution in [2.24, 2.45) is 0 Å². The molecule has 17 heteroatoms. The Balaban J connectivity index is 0.000000176. The van der Waals surface area contributed by atoms with E-state index >= 15 is 0 Å². The lowest BCUT2D eigenvalue weighted by atomic mass is 10.1. The maximum absolute atomic E-state index is 10.2. The van der Waals surface area contributed by atoms with Gasteiger partial charge in [0.1, 0.15) is 41.8 Å². The average Bonchev–Trinajstić information content (AvgIpc) is 3.36. The minimum atomic E-state index is -1.19. The number of imidazole rings is 1. The van der Waals surface area contributed by atoms with E-state index in [1.165, 1.54) is 41.7 Å². The minimum absolute atomic E-state index is 0.218. The summed E-state index contributed by atoms with van der Waals surface area (Å²) >= 11 is 0. The quantitative estimate of drug-likeness (QED) is 0.137. The third-order valence-corrected chi connectivity index (χ3v) is 4.56. The maximum Gasteiger partial charge on any atom is 0.346 e. The molecular formula is C18H23N11O6. The molecule has 4 aromatic heterocycles. The number of aliphatic hydroxyl groups excluding tert-OH is 3. The number of fused-ring (bicyclic) bond motifs is 1. The van der Waals surface area contributed by atoms with Crippen LogP contribution < -0.4 is 28.6 Å². The first-order valence-corrected chi connectivity index (χ1v) is 9.89. The van der Waals surface area contributed by atoms with Crippen molar-refractivity contribution in [1.82, 2.24) is 39.5 Å². The van der Waals surface area contributed by atoms with Gasteiger partial charge in [-0.05, 0) is 12.1 Å². The number of nitrogens with zero attached hydrogens (tertiary/aromatic N) is 6. The highest BCUT2D eigenvalue weighted by Crippen LogP contribution is 2.31. The zero-order valence-electron chi connectivity index (χ0n) is 18.0. The van der Waals surface area contributed by atoms with Crippen molar-refractivity contribution >= 4 is 28.6 Å². The van der Waals surface area contributed by atoms with Crippen LogP contribution >= 0.6 is 0 Å². The molecular weight excluding hydrogens is 466 g/mol. The molecule has 17 nitrogen and oxygen atoms in total. The highest BCUT2D eigenvalue weighted by molar-refractivity contribution is 5.81. The van der Waals surface area contributed by atoms with Gasteiger partial charge in [0.05, 0.1) is 12.9 Å². The Kier molecular flexibility index (Phi) is 8.00. The highest BCUT2D eigenvalue weighted by Gasteiger charge is 2.43. The van der Waals surface area contributed by atoms with Crippen LogP contribution in [0.1, 0.15) is 6.23 Å². The lowest BCUT2D eigenvalue weighted by Gasteiger charge is -2.16. The first-order chi connectivity index (χ1) is 16.7. The summed E-state index contributed by atoms with van der Waals surface area (Å²) in [6, 6.07) is 3.03. The van der Waals surface area contributed by atoms with Crippen LogP contribution in [0.3, 0.4) is 0 Å². The van der Waals surface area contributed by atoms with Crippen molar-refractivity contribution in [3.05, 3.63) is 58.1 Å². The molecule has 0 aromatic carbocycles. The summed E-state index contributed by atoms with van der Waals surface area (Å²) in [4.78, 5) is 43.7. The normalized spacial score (nSPS) is 21.0. The number of hydrogen-bond donors (Lipinski definition) is 8. The zero-order valence-corrected chi connectivity index (χ0v) is 18.0. The van der Waals surface area contributed by atoms with Crippen molar-refractivity contribution in [2.75, 3.05) is 23.8 Å². The Labute approximate surface area is 195 Å². The van der Waals surface area contributed by atoms with Gasteiger partial charge in [0.15, 0.2) is 17.7 Å². The summed E-state index contributed by atoms with van der Waals surface area (Å²) in [6.45, 7) is -0.390. The second kappa shape index (κ2) is 11.1. The number of hydrogen-bond acceptors (Lipinski definition) is 14. The lowest BCUT2D eigenvalue weighted by molar-refractivity contribution is -0.0511. The number of H-pyrrole nitrogens is 2. The SMILES string of the molecule is Nc1cc[nH]c(=O)n1.Nc1cc[nH]c(=O)n1.Nc1ncnc2c1ncn2[C@@H]1O[C@H](CO)[C@@H](O)[C@H]1O. The van der Waals surface area contributed by atoms with E-state index in [1.54, 1.807) is 0 Å². The first-order valence-electron chi connectivity index (χ1n) is 9.89. The van der Waals surface area contributed by atoms with Crippen molar-refractivity contribution in [3.8, 4) is 0 Å². The second-order valence-electron chi connectivity index (χ2n) is 6.95. The minimum Gasteiger partial charge on any atom is -0.394 e. The standard InChI is InChI=1S/C10H13N5O4.2C4H5N3O/c11-8-5-9(13-2-12-8)15(3-14-5)10-7(18)6(17)4(1-16)19-10;2*5-3-1-2-6-4(8)7-3/h2-4,6-7,10,16-18H,1H2,(H2,11,12,13);2*1-2H,(H3,5,6,7,8)/t4-,6-,7-,10-;;/m1../s1. The number of nitrogen functional groups attached to an aromatic ring is 3. The van der Waals surface area contributed by atoms with Crippen molar-refractivity contribution in [1.29, 1.82) is 0 Å². The predicted molar refractivity (Wildman–Crippen MR) is 121 cm³/mol. The number of nitrogens with two attached hydrogens (primary N) is 3. The van der Waals surface area contributed by atoms with Crippen molar-refractivity contribution in [3.63, 3.8) is 0 Å². The molecule has 0 unspecified atom stereocenters. The number of aromatic nitrogens is 8. The Morgan fingerprint density at radius 2 is 1.54 bits per heavy atom. The van der Waals surface area contributed by atoms with Gasteiger partial charge in [0.25, 0.3) is 0 Å². The number of rotatable bonds is 2. The van der Waals surface area contributed by atoms with Gasteiger partial charge < -0.3 is 47.2 Å². The van der Waals surface area contributed by atoms with E-state index in [4.69, 9.17) is 27.0 Å². The molecule has 5 rings (SSSR count). The van der Waals surface area contributed by atoms with Gasteiger partial charge in [0, 0.05) is 12.4 Å². The molecule has 1 fully saturated rings. The van der Waals surface area contributed by atoms with E-state index in [0.29, 0.717) is 11.2 Å². The summed E-state index contributed by atoms with van der Waals surface area (Å²) in [5.41, 5.74) is 15.9. The van der Waals surface area contributed by atoms with Gasteiger partial charge >= 0.3 is 11.4 Å². The summed E-state index contributed by atoms with van der Waals surface area (Å²) < 4.78 is 6.85. The molecule has 11 N–H and O–H groups in total. The van der Waals surface area contributed by atoms with Crippen molar-refractivity contribution in [2.45, 2.75) is 24.5 Å². The summed E-state index contributed by atoms with van der Waals surface area (Å²) in [5.74, 6) is 0.706. The second-order valence-corrected chi connectivity index (χ2v) is 6.95. The summed E-state index contributed by atoms with van der Waals surface area (Å²) in [7, 11) is 0. The highest BCUT2D eigenvalue weighted by atomic mass is 16.6. The Bertz CT molecular complexity index is 1320. The third-order valence-electron chi connectivity index (χ3n) is 4.56. The lowest BCUT2D eigenvalue weighted by Crippen LogP contribution is -2.33. The van der Waals surface area contributed by atoms with E-state index < -0.39 is 42.5 Å². The molecule has 0 radical (unpaired) electrons. The van der Waals surface area contributed by atoms with E-state index in [0.717, 1.165) is 0 Å². The topological polar surface area (TPSA) is 283 Å². The maximum atomic E-state index is 10.2. The monoisotopic (exact) mass is 489 g/mol. The smallest absolute Gasteiger partial charge is 0.346 e. The van der Waals surface area contributed by atoms with E-state index in [1.807, 2.05) is 0 Å². The number of nitrogens with one attached hydrogen (secondary N) is 2. The molecule has 0 amide bonds. The van der Waals surface area contributed by atoms with Crippen LogP contribution in [0.2, 0.25) is 0 Å². The molecule has 0 saturated carbocycles. The molecule has 0 aliphatic carbocycles. The number of aromatic amines is 2. The Hall–Kier alpha value is -4.45. The summed E-state index contributed by atoms with van der Waals surface area (Å²) in [5, 5.41) is 28.7. The molecule has 35 heavy (non-hydrogen) atoms. The molecule has 1 aliphatic rings. The third kappa shape index (κ3) is 6.12. The van der Waals surface area contributed by atoms with Gasteiger partial charge in [-0.3, -0.25) is 4.57 Å². The van der Waals surface area contributed by atoms with Gasteiger partial charge in [-0.15, -0.1) is 0 Å². The van der Waals surface area contributed by atoms with Crippen LogP contribution in [0.15, 0.2) is 46.8 Å². The fourth-order valence-corrected chi connectivity index (χ4v) is 2.94. The zero-order chi connectivity index (χ0) is 25.5. The number of anilines is 3. The number of aliphatic hydroxyl groups is 3. The largest absolute Gasteiger partial charge is 0.394 e. The van der Waals surface area contributed by atoms with Gasteiger partial charge in [-0.25, -0.2) is 24.5 Å². The molecule has 5 heterocycles. The Morgan fingerprint density at radius 1 is 0.943 bits per heavy atom. The molecule has 1 saturated heterocycles. The molecule has 0 bridgehead atoms. The van der Waals surface area contributed by atoms with Crippen LogP contribution in [0.5, 0.6) is 0 Å². The van der Waals surface area contributed by atoms with Crippen LogP contribution in [0.4, 0.5) is 17.5 Å². The van der Waals surface area contributed by atoms with Crippen LogP contribution in [0, 0.1) is 0 Å². The van der Waals surface area contributed by atoms with Crippen LogP contribution in [0.25, 0.3) is 11.2 Å². The summed E-state index contributed by atoms with van der Waals surface area (Å²) in [6.07, 6.45) is 1.48. The van der Waals surface area contributed by atoms with E-state index in [2.05, 4.69) is 34.9 Å². The molecule has 4 atom stereocenters. The van der Waals surface area contributed by atoms with Crippen LogP contribution in [-0.4, -0.2) is 79.7 Å². The Morgan fingerprint density at radius 3 is 2.00 bits per heavy atom.